The van der Waals surface area contributed by atoms with E-state index in [0.717, 1.165) is 38.6 Å². The van der Waals surface area contributed by atoms with E-state index in [4.69, 9.17) is 4.99 Å². The third kappa shape index (κ3) is 7.40. The van der Waals surface area contributed by atoms with E-state index in [1.807, 2.05) is 18.7 Å². The molecule has 1 amide bonds. The maximum atomic E-state index is 12.2. The van der Waals surface area contributed by atoms with Crippen LogP contribution in [0.25, 0.3) is 0 Å². The molecule has 0 aliphatic carbocycles. The number of hydrogen-bond donors (Lipinski definition) is 2. The second-order valence-corrected chi connectivity index (χ2v) is 8.34. The van der Waals surface area contributed by atoms with Crippen molar-refractivity contribution in [2.24, 2.45) is 16.8 Å². The van der Waals surface area contributed by atoms with Gasteiger partial charge in [-0.1, -0.05) is 27.7 Å². The van der Waals surface area contributed by atoms with Crippen molar-refractivity contribution in [1.29, 1.82) is 0 Å². The Morgan fingerprint density at radius 1 is 1.15 bits per heavy atom. The molecule has 2 fully saturated rings. The maximum absolute atomic E-state index is 12.2. The molecule has 2 saturated heterocycles. The van der Waals surface area contributed by atoms with Gasteiger partial charge in [0.2, 0.25) is 5.91 Å². The van der Waals surface area contributed by atoms with Gasteiger partial charge in [-0.25, -0.2) is 0 Å². The summed E-state index contributed by atoms with van der Waals surface area (Å²) in [7, 11) is 0. The van der Waals surface area contributed by atoms with Crippen LogP contribution in [0.15, 0.2) is 4.99 Å². The lowest BCUT2D eigenvalue weighted by Gasteiger charge is -2.30. The highest BCUT2D eigenvalue weighted by Crippen LogP contribution is 2.18. The summed E-state index contributed by atoms with van der Waals surface area (Å²) in [4.78, 5) is 21.7. The molecule has 0 aromatic rings. The summed E-state index contributed by atoms with van der Waals surface area (Å²) in [6.07, 6.45) is 3.61. The average Bonchev–Trinajstić information content (AvgIpc) is 3.26. The predicted molar refractivity (Wildman–Crippen MR) is 124 cm³/mol. The SMILES string of the molecule is CCNC(=NCC(C(C)C)N1CCCC1)NC1CCN(C(=O)C(C)C)C1.I. The molecular formula is C20H40IN5O. The van der Waals surface area contributed by atoms with Crippen molar-refractivity contribution >= 4 is 35.8 Å². The van der Waals surface area contributed by atoms with Crippen LogP contribution in [0, 0.1) is 11.8 Å². The average molecular weight is 493 g/mol. The van der Waals surface area contributed by atoms with Crippen LogP contribution >= 0.6 is 24.0 Å². The Hall–Kier alpha value is -0.570. The molecule has 6 nitrogen and oxygen atoms in total. The Kier molecular flexibility index (Phi) is 11.0. The fourth-order valence-electron chi connectivity index (χ4n) is 3.96. The minimum atomic E-state index is 0. The van der Waals surface area contributed by atoms with Crippen molar-refractivity contribution in [2.45, 2.75) is 66.0 Å². The third-order valence-corrected chi connectivity index (χ3v) is 5.49. The van der Waals surface area contributed by atoms with E-state index in [2.05, 4.69) is 36.3 Å². The first-order valence-electron chi connectivity index (χ1n) is 10.5. The Morgan fingerprint density at radius 2 is 1.81 bits per heavy atom. The van der Waals surface area contributed by atoms with Crippen LogP contribution in [0.1, 0.15) is 53.9 Å². The number of carbonyl (C=O) groups excluding carboxylic acids is 1. The number of rotatable bonds is 7. The summed E-state index contributed by atoms with van der Waals surface area (Å²) in [5, 5.41) is 6.93. The first-order chi connectivity index (χ1) is 12.4. The molecule has 0 saturated carbocycles. The van der Waals surface area contributed by atoms with Crippen LogP contribution in [-0.4, -0.2) is 73.0 Å². The van der Waals surface area contributed by atoms with Gasteiger partial charge in [-0.2, -0.15) is 0 Å². The third-order valence-electron chi connectivity index (χ3n) is 5.49. The number of halogens is 1. The Labute approximate surface area is 182 Å². The first-order valence-corrected chi connectivity index (χ1v) is 10.5. The zero-order valence-electron chi connectivity index (χ0n) is 17.8. The second-order valence-electron chi connectivity index (χ2n) is 8.34. The topological polar surface area (TPSA) is 60.0 Å². The highest BCUT2D eigenvalue weighted by molar-refractivity contribution is 14.0. The normalized spacial score (nSPS) is 22.3. The van der Waals surface area contributed by atoms with E-state index >= 15 is 0 Å². The van der Waals surface area contributed by atoms with Crippen LogP contribution in [0.3, 0.4) is 0 Å². The molecule has 2 aliphatic rings. The number of carbonyl (C=O) groups is 1. The monoisotopic (exact) mass is 493 g/mol. The number of hydrogen-bond acceptors (Lipinski definition) is 3. The van der Waals surface area contributed by atoms with E-state index < -0.39 is 0 Å². The molecule has 2 atom stereocenters. The van der Waals surface area contributed by atoms with Gasteiger partial charge >= 0.3 is 0 Å². The van der Waals surface area contributed by atoms with Gasteiger partial charge in [-0.3, -0.25) is 14.7 Å². The zero-order valence-corrected chi connectivity index (χ0v) is 20.2. The van der Waals surface area contributed by atoms with Gasteiger partial charge in [0.25, 0.3) is 0 Å². The highest BCUT2D eigenvalue weighted by Gasteiger charge is 2.28. The summed E-state index contributed by atoms with van der Waals surface area (Å²) >= 11 is 0. The maximum Gasteiger partial charge on any atom is 0.225 e. The summed E-state index contributed by atoms with van der Waals surface area (Å²) in [5.74, 6) is 1.82. The highest BCUT2D eigenvalue weighted by atomic mass is 127. The zero-order chi connectivity index (χ0) is 19.1. The van der Waals surface area contributed by atoms with Crippen molar-refractivity contribution in [2.75, 3.05) is 39.3 Å². The molecule has 0 aromatic carbocycles. The van der Waals surface area contributed by atoms with Crippen molar-refractivity contribution in [3.8, 4) is 0 Å². The lowest BCUT2D eigenvalue weighted by atomic mass is 10.0. The van der Waals surface area contributed by atoms with E-state index in [-0.39, 0.29) is 35.8 Å². The van der Waals surface area contributed by atoms with Gasteiger partial charge in [-0.05, 0) is 45.2 Å². The van der Waals surface area contributed by atoms with Crippen LogP contribution in [0.2, 0.25) is 0 Å². The lowest BCUT2D eigenvalue weighted by molar-refractivity contribution is -0.133. The van der Waals surface area contributed by atoms with Gasteiger partial charge in [0, 0.05) is 37.6 Å². The molecule has 0 aromatic heterocycles. The molecule has 2 rings (SSSR count). The molecule has 2 heterocycles. The van der Waals surface area contributed by atoms with E-state index in [9.17, 15) is 4.79 Å². The van der Waals surface area contributed by atoms with E-state index in [1.165, 1.54) is 25.9 Å². The van der Waals surface area contributed by atoms with Crippen molar-refractivity contribution in [1.82, 2.24) is 20.4 Å². The quantitative estimate of drug-likeness (QED) is 0.325. The standard InChI is InChI=1S/C20H39N5O.HI/c1-6-21-20(22-13-18(15(2)3)24-10-7-8-11-24)23-17-9-12-25(14-17)19(26)16(4)5;/h15-18H,6-14H2,1-5H3,(H2,21,22,23);1H. The van der Waals surface area contributed by atoms with Crippen molar-refractivity contribution in [3.05, 3.63) is 0 Å². The van der Waals surface area contributed by atoms with E-state index in [1.54, 1.807) is 0 Å². The molecular weight excluding hydrogens is 453 g/mol. The Bertz CT molecular complexity index is 477. The number of amides is 1. The number of nitrogens with one attached hydrogen (secondary N) is 2. The summed E-state index contributed by atoms with van der Waals surface area (Å²) in [5.41, 5.74) is 0. The molecule has 27 heavy (non-hydrogen) atoms. The Balaban J connectivity index is 0.00000364. The van der Waals surface area contributed by atoms with Crippen LogP contribution < -0.4 is 10.6 Å². The predicted octanol–water partition coefficient (Wildman–Crippen LogP) is 2.54. The number of nitrogens with zero attached hydrogens (tertiary/aromatic N) is 3. The molecule has 158 valence electrons. The second kappa shape index (κ2) is 12.1. The molecule has 0 radical (unpaired) electrons. The number of aliphatic imine (C=N–C) groups is 1. The van der Waals surface area contributed by atoms with Crippen LogP contribution in [0.5, 0.6) is 0 Å². The molecule has 2 aliphatic heterocycles. The largest absolute Gasteiger partial charge is 0.357 e. The van der Waals surface area contributed by atoms with Gasteiger partial charge in [0.15, 0.2) is 5.96 Å². The molecule has 2 N–H and O–H groups in total. The Morgan fingerprint density at radius 3 is 2.37 bits per heavy atom. The molecule has 2 unspecified atom stereocenters. The number of guanidine groups is 1. The minimum Gasteiger partial charge on any atom is -0.357 e. The molecule has 0 spiro atoms. The summed E-state index contributed by atoms with van der Waals surface area (Å²) in [6, 6.07) is 0.801. The first kappa shape index (κ1) is 24.5. The lowest BCUT2D eigenvalue weighted by Crippen LogP contribution is -2.46. The van der Waals surface area contributed by atoms with Gasteiger partial charge < -0.3 is 15.5 Å². The fourth-order valence-corrected chi connectivity index (χ4v) is 3.96. The van der Waals surface area contributed by atoms with Crippen molar-refractivity contribution in [3.63, 3.8) is 0 Å². The fraction of sp³-hybridized carbons (Fsp3) is 0.900. The van der Waals surface area contributed by atoms with Gasteiger partial charge in [-0.15, -0.1) is 24.0 Å². The van der Waals surface area contributed by atoms with E-state index in [0.29, 0.717) is 18.0 Å². The van der Waals surface area contributed by atoms with Gasteiger partial charge in [0.1, 0.15) is 0 Å². The number of likely N-dealkylation sites (tertiary alicyclic amines) is 2. The minimum absolute atomic E-state index is 0. The van der Waals surface area contributed by atoms with Crippen molar-refractivity contribution < 1.29 is 4.79 Å². The smallest absolute Gasteiger partial charge is 0.225 e. The summed E-state index contributed by atoms with van der Waals surface area (Å²) < 4.78 is 0. The molecule has 7 heteroatoms. The van der Waals surface area contributed by atoms with Crippen LogP contribution in [0.4, 0.5) is 0 Å². The van der Waals surface area contributed by atoms with Gasteiger partial charge in [0.05, 0.1) is 6.54 Å². The van der Waals surface area contributed by atoms with Crippen LogP contribution in [-0.2, 0) is 4.79 Å². The molecule has 0 bridgehead atoms. The summed E-state index contributed by atoms with van der Waals surface area (Å²) in [6.45, 7) is 16.3.